The van der Waals surface area contributed by atoms with Crippen LogP contribution in [0.4, 0.5) is 9.18 Å². The molecule has 0 aliphatic heterocycles. The number of aromatic nitrogens is 1. The summed E-state index contributed by atoms with van der Waals surface area (Å²) in [5, 5.41) is 4.11. The van der Waals surface area contributed by atoms with Gasteiger partial charge in [-0.1, -0.05) is 24.3 Å². The normalized spacial score (nSPS) is 10.8. The summed E-state index contributed by atoms with van der Waals surface area (Å²) in [6.07, 6.45) is 0.743. The number of carbonyl (C=O) groups is 1. The summed E-state index contributed by atoms with van der Waals surface area (Å²) in [5.41, 5.74) is 4.15. The lowest BCUT2D eigenvalue weighted by atomic mass is 10.1. The van der Waals surface area contributed by atoms with Gasteiger partial charge in [-0.15, -0.1) is 0 Å². The van der Waals surface area contributed by atoms with Crippen molar-refractivity contribution in [3.05, 3.63) is 65.1 Å². The molecule has 0 aliphatic carbocycles. The van der Waals surface area contributed by atoms with Crippen molar-refractivity contribution in [2.45, 2.75) is 19.9 Å². The molecule has 2 N–H and O–H groups in total. The Bertz CT molecular complexity index is 952. The molecule has 0 saturated carbocycles. The predicted octanol–water partition coefficient (Wildman–Crippen LogP) is 4.01. The van der Waals surface area contributed by atoms with Gasteiger partial charge in [-0.3, -0.25) is 0 Å². The first-order valence-corrected chi connectivity index (χ1v) is 8.87. The summed E-state index contributed by atoms with van der Waals surface area (Å²) in [6.45, 7) is 2.89. The number of hydrogen-bond acceptors (Lipinski definition) is 2. The lowest BCUT2D eigenvalue weighted by molar-refractivity contribution is 0.207. The summed E-state index contributed by atoms with van der Waals surface area (Å²) in [5.74, 6) is -0.237. The zero-order valence-corrected chi connectivity index (χ0v) is 15.8. The zero-order valence-electron chi connectivity index (χ0n) is 15.8. The number of rotatable bonds is 6. The van der Waals surface area contributed by atoms with Crippen LogP contribution in [0.3, 0.4) is 0 Å². The van der Waals surface area contributed by atoms with E-state index < -0.39 is 5.82 Å². The quantitative estimate of drug-likeness (QED) is 0.690. The molecule has 0 atom stereocenters. The molecule has 3 aromatic rings. The van der Waals surface area contributed by atoms with Gasteiger partial charge in [0.05, 0.1) is 7.11 Å². The summed E-state index contributed by atoms with van der Waals surface area (Å²) in [4.78, 5) is 17.2. The third-order valence-electron chi connectivity index (χ3n) is 4.66. The fraction of sp³-hybridized carbons (Fsp3) is 0.286. The molecule has 0 bridgehead atoms. The van der Waals surface area contributed by atoms with E-state index in [1.54, 1.807) is 19.2 Å². The highest BCUT2D eigenvalue weighted by molar-refractivity contribution is 5.84. The van der Waals surface area contributed by atoms with Gasteiger partial charge >= 0.3 is 6.03 Å². The molecule has 1 heterocycles. The number of nitrogens with zero attached hydrogens (tertiary/aromatic N) is 1. The van der Waals surface area contributed by atoms with Crippen molar-refractivity contribution in [1.82, 2.24) is 15.2 Å². The van der Waals surface area contributed by atoms with Crippen LogP contribution in [0.2, 0.25) is 0 Å². The molecule has 0 spiro atoms. The summed E-state index contributed by atoms with van der Waals surface area (Å²) in [6, 6.07) is 12.7. The number of carbonyl (C=O) groups excluding carboxylic acids is 1. The molecule has 142 valence electrons. The third-order valence-corrected chi connectivity index (χ3v) is 4.66. The Balaban J connectivity index is 1.55. The highest BCUT2D eigenvalue weighted by Gasteiger charge is 2.12. The van der Waals surface area contributed by atoms with E-state index in [0.717, 1.165) is 17.6 Å². The fourth-order valence-electron chi connectivity index (χ4n) is 3.24. The van der Waals surface area contributed by atoms with E-state index in [2.05, 4.69) is 16.4 Å². The molecule has 5 nitrogen and oxygen atoms in total. The highest BCUT2D eigenvalue weighted by atomic mass is 19.1. The monoisotopic (exact) mass is 369 g/mol. The van der Waals surface area contributed by atoms with E-state index in [-0.39, 0.29) is 11.8 Å². The molecule has 0 unspecified atom stereocenters. The minimum absolute atomic E-state index is 0.191. The Morgan fingerprint density at radius 3 is 2.78 bits per heavy atom. The largest absolute Gasteiger partial charge is 0.494 e. The van der Waals surface area contributed by atoms with Gasteiger partial charge in [-0.25, -0.2) is 9.18 Å². The summed E-state index contributed by atoms with van der Waals surface area (Å²) < 4.78 is 18.7. The molecular formula is C21H24FN3O2. The van der Waals surface area contributed by atoms with Crippen molar-refractivity contribution in [3.63, 3.8) is 0 Å². The third kappa shape index (κ3) is 4.22. The Morgan fingerprint density at radius 1 is 1.26 bits per heavy atom. The van der Waals surface area contributed by atoms with E-state index in [4.69, 9.17) is 4.74 Å². The number of ether oxygens (including phenoxy) is 1. The van der Waals surface area contributed by atoms with Crippen molar-refractivity contribution in [3.8, 4) is 5.75 Å². The second-order valence-electron chi connectivity index (χ2n) is 6.58. The smallest absolute Gasteiger partial charge is 0.317 e. The lowest BCUT2D eigenvalue weighted by Crippen LogP contribution is -2.37. The first kappa shape index (κ1) is 18.8. The molecule has 2 aromatic carbocycles. The first-order chi connectivity index (χ1) is 13.0. The van der Waals surface area contributed by atoms with Crippen molar-refractivity contribution in [1.29, 1.82) is 0 Å². The van der Waals surface area contributed by atoms with Gasteiger partial charge in [0.2, 0.25) is 0 Å². The average Bonchev–Trinajstić information content (AvgIpc) is 2.97. The number of methoxy groups -OCH3 is 1. The molecule has 0 aliphatic rings. The van der Waals surface area contributed by atoms with E-state index in [9.17, 15) is 9.18 Å². The summed E-state index contributed by atoms with van der Waals surface area (Å²) in [7, 11) is 3.11. The molecule has 27 heavy (non-hydrogen) atoms. The van der Waals surface area contributed by atoms with Crippen molar-refractivity contribution in [2.24, 2.45) is 0 Å². The van der Waals surface area contributed by atoms with Gasteiger partial charge < -0.3 is 19.9 Å². The molecular weight excluding hydrogens is 345 g/mol. The van der Waals surface area contributed by atoms with Crippen molar-refractivity contribution >= 4 is 16.9 Å². The number of amides is 2. The van der Waals surface area contributed by atoms with Crippen molar-refractivity contribution < 1.29 is 13.9 Å². The Morgan fingerprint density at radius 2 is 2.04 bits per heavy atom. The SMILES string of the molecule is COc1ccc(CN(C)C(=O)NCCc2c(C)[nH]c3ccccc23)cc1F. The molecule has 0 saturated heterocycles. The maximum absolute atomic E-state index is 13.8. The predicted molar refractivity (Wildman–Crippen MR) is 105 cm³/mol. The highest BCUT2D eigenvalue weighted by Crippen LogP contribution is 2.22. The molecule has 0 fully saturated rings. The number of fused-ring (bicyclic) bond motifs is 1. The number of para-hydroxylation sites is 1. The Labute approximate surface area is 158 Å². The number of H-pyrrole nitrogens is 1. The van der Waals surface area contributed by atoms with Crippen LogP contribution in [0.25, 0.3) is 10.9 Å². The number of benzene rings is 2. The molecule has 3 rings (SSSR count). The van der Waals surface area contributed by atoms with E-state index in [0.29, 0.717) is 18.7 Å². The van der Waals surface area contributed by atoms with Gasteiger partial charge in [-0.05, 0) is 42.7 Å². The van der Waals surface area contributed by atoms with E-state index >= 15 is 0 Å². The maximum Gasteiger partial charge on any atom is 0.317 e. The second kappa shape index (κ2) is 8.12. The standard InChI is InChI=1S/C21H24FN3O2/c1-14-16(17-6-4-5-7-19(17)24-14)10-11-23-21(26)25(2)13-15-8-9-20(27-3)18(22)12-15/h4-9,12,24H,10-11,13H2,1-3H3,(H,23,26). The minimum atomic E-state index is -0.432. The number of aryl methyl sites for hydroxylation is 1. The molecule has 6 heteroatoms. The maximum atomic E-state index is 13.8. The van der Waals surface area contributed by atoms with Crippen LogP contribution in [0.1, 0.15) is 16.8 Å². The molecule has 0 radical (unpaired) electrons. The zero-order chi connectivity index (χ0) is 19.4. The molecule has 2 amide bonds. The van der Waals surface area contributed by atoms with Gasteiger partial charge in [0, 0.05) is 36.7 Å². The van der Waals surface area contributed by atoms with Gasteiger partial charge in [0.1, 0.15) is 0 Å². The van der Waals surface area contributed by atoms with Crippen LogP contribution in [0.15, 0.2) is 42.5 Å². The Kier molecular flexibility index (Phi) is 5.64. The van der Waals surface area contributed by atoms with E-state index in [1.165, 1.54) is 29.0 Å². The molecule has 1 aromatic heterocycles. The van der Waals surface area contributed by atoms with Crippen LogP contribution in [0.5, 0.6) is 5.75 Å². The Hall–Kier alpha value is -3.02. The van der Waals surface area contributed by atoms with Crippen molar-refractivity contribution in [2.75, 3.05) is 20.7 Å². The van der Waals surface area contributed by atoms with Crippen LogP contribution in [0, 0.1) is 12.7 Å². The number of aromatic amines is 1. The topological polar surface area (TPSA) is 57.4 Å². The summed E-state index contributed by atoms with van der Waals surface area (Å²) >= 11 is 0. The number of hydrogen-bond donors (Lipinski definition) is 2. The van der Waals surface area contributed by atoms with Crippen LogP contribution in [-0.2, 0) is 13.0 Å². The first-order valence-electron chi connectivity index (χ1n) is 8.87. The fourth-order valence-corrected chi connectivity index (χ4v) is 3.24. The lowest BCUT2D eigenvalue weighted by Gasteiger charge is -2.18. The van der Waals surface area contributed by atoms with Gasteiger partial charge in [0.25, 0.3) is 0 Å². The van der Waals surface area contributed by atoms with E-state index in [1.807, 2.05) is 25.1 Å². The van der Waals surface area contributed by atoms with Gasteiger partial charge in [0.15, 0.2) is 11.6 Å². The average molecular weight is 369 g/mol. The number of urea groups is 1. The van der Waals surface area contributed by atoms with Crippen LogP contribution < -0.4 is 10.1 Å². The van der Waals surface area contributed by atoms with Crippen LogP contribution in [-0.4, -0.2) is 36.6 Å². The number of nitrogens with one attached hydrogen (secondary N) is 2. The van der Waals surface area contributed by atoms with Gasteiger partial charge in [-0.2, -0.15) is 0 Å². The number of halogens is 1. The second-order valence-corrected chi connectivity index (χ2v) is 6.58. The van der Waals surface area contributed by atoms with Crippen LogP contribution >= 0.6 is 0 Å². The minimum Gasteiger partial charge on any atom is -0.494 e.